The van der Waals surface area contributed by atoms with Crippen molar-refractivity contribution in [2.24, 2.45) is 5.92 Å². The summed E-state index contributed by atoms with van der Waals surface area (Å²) in [6, 6.07) is 4.27. The highest BCUT2D eigenvalue weighted by molar-refractivity contribution is 5.44. The van der Waals surface area contributed by atoms with Gasteiger partial charge in [0.15, 0.2) is 0 Å². The second-order valence-electron chi connectivity index (χ2n) is 6.44. The average molecular weight is 291 g/mol. The third kappa shape index (κ3) is 3.24. The SMILES string of the molecule is CNC1(CO)CCCC1CCOc1c(C)ccc(C)c1C. The lowest BCUT2D eigenvalue weighted by Gasteiger charge is -2.33. The zero-order valence-corrected chi connectivity index (χ0v) is 13.8. The minimum absolute atomic E-state index is 0.0972. The average Bonchev–Trinajstić information content (AvgIpc) is 2.90. The third-order valence-corrected chi connectivity index (χ3v) is 5.32. The van der Waals surface area contributed by atoms with Gasteiger partial charge in [-0.3, -0.25) is 0 Å². The maximum Gasteiger partial charge on any atom is 0.125 e. The first-order valence-electron chi connectivity index (χ1n) is 8.03. The number of hydrogen-bond donors (Lipinski definition) is 2. The van der Waals surface area contributed by atoms with E-state index in [1.54, 1.807) is 0 Å². The van der Waals surface area contributed by atoms with Crippen LogP contribution < -0.4 is 10.1 Å². The fraction of sp³-hybridized carbons (Fsp3) is 0.667. The van der Waals surface area contributed by atoms with E-state index in [9.17, 15) is 5.11 Å². The van der Waals surface area contributed by atoms with E-state index in [-0.39, 0.29) is 12.1 Å². The van der Waals surface area contributed by atoms with Crippen LogP contribution in [-0.4, -0.2) is 30.9 Å². The molecule has 2 rings (SSSR count). The van der Waals surface area contributed by atoms with Crippen LogP contribution in [0.4, 0.5) is 0 Å². The number of hydrogen-bond acceptors (Lipinski definition) is 3. The molecule has 0 heterocycles. The standard InChI is InChI=1S/C18H29NO2/c1-13-7-8-14(2)17(15(13)3)21-11-9-16-6-5-10-18(16,12-20)19-4/h7-8,16,19-20H,5-6,9-12H2,1-4H3. The largest absolute Gasteiger partial charge is 0.493 e. The molecule has 0 aromatic heterocycles. The third-order valence-electron chi connectivity index (χ3n) is 5.32. The van der Waals surface area contributed by atoms with Crippen LogP contribution in [0.5, 0.6) is 5.75 Å². The van der Waals surface area contributed by atoms with Gasteiger partial charge in [-0.25, -0.2) is 0 Å². The van der Waals surface area contributed by atoms with E-state index in [1.165, 1.54) is 29.5 Å². The van der Waals surface area contributed by atoms with E-state index in [4.69, 9.17) is 4.74 Å². The molecule has 21 heavy (non-hydrogen) atoms. The number of likely N-dealkylation sites (N-methyl/N-ethyl adjacent to an activating group) is 1. The van der Waals surface area contributed by atoms with Crippen molar-refractivity contribution in [1.29, 1.82) is 0 Å². The van der Waals surface area contributed by atoms with E-state index in [0.29, 0.717) is 5.92 Å². The lowest BCUT2D eigenvalue weighted by Crippen LogP contribution is -2.49. The molecule has 2 N–H and O–H groups in total. The molecule has 1 aliphatic rings. The first-order chi connectivity index (χ1) is 10.0. The number of benzene rings is 1. The second kappa shape index (κ2) is 6.80. The summed E-state index contributed by atoms with van der Waals surface area (Å²) in [7, 11) is 1.96. The molecule has 0 amide bonds. The first kappa shape index (κ1) is 16.3. The summed E-state index contributed by atoms with van der Waals surface area (Å²) in [5.41, 5.74) is 3.62. The van der Waals surface area contributed by atoms with Crippen LogP contribution in [-0.2, 0) is 0 Å². The van der Waals surface area contributed by atoms with Gasteiger partial charge >= 0.3 is 0 Å². The van der Waals surface area contributed by atoms with Crippen LogP contribution in [0.15, 0.2) is 12.1 Å². The van der Waals surface area contributed by atoms with Crippen molar-refractivity contribution in [3.05, 3.63) is 28.8 Å². The molecule has 2 atom stereocenters. The van der Waals surface area contributed by atoms with Gasteiger partial charge in [-0.2, -0.15) is 0 Å². The molecule has 118 valence electrons. The number of aliphatic hydroxyl groups excluding tert-OH is 1. The molecule has 3 heteroatoms. The normalized spacial score (nSPS) is 25.3. The lowest BCUT2D eigenvalue weighted by atomic mass is 9.85. The fourth-order valence-electron chi connectivity index (χ4n) is 3.63. The number of nitrogens with one attached hydrogen (secondary N) is 1. The summed E-state index contributed by atoms with van der Waals surface area (Å²) >= 11 is 0. The predicted octanol–water partition coefficient (Wildman–Crippen LogP) is 3.13. The Labute approximate surface area is 128 Å². The van der Waals surface area contributed by atoms with E-state index >= 15 is 0 Å². The van der Waals surface area contributed by atoms with E-state index in [2.05, 4.69) is 38.2 Å². The van der Waals surface area contributed by atoms with Crippen molar-refractivity contribution in [3.8, 4) is 5.75 Å². The Bertz CT molecular complexity index is 480. The summed E-state index contributed by atoms with van der Waals surface area (Å²) in [5.74, 6) is 1.53. The van der Waals surface area contributed by atoms with Crippen molar-refractivity contribution in [2.75, 3.05) is 20.3 Å². The maximum atomic E-state index is 9.72. The van der Waals surface area contributed by atoms with Gasteiger partial charge < -0.3 is 15.2 Å². The Hall–Kier alpha value is -1.06. The van der Waals surface area contributed by atoms with Gasteiger partial charge in [0.2, 0.25) is 0 Å². The van der Waals surface area contributed by atoms with Crippen LogP contribution in [0.25, 0.3) is 0 Å². The molecular formula is C18H29NO2. The van der Waals surface area contributed by atoms with Gasteiger partial charge in [0.1, 0.15) is 5.75 Å². The van der Waals surface area contributed by atoms with Crippen molar-refractivity contribution in [1.82, 2.24) is 5.32 Å². The van der Waals surface area contributed by atoms with Gasteiger partial charge in [0, 0.05) is 5.54 Å². The zero-order valence-electron chi connectivity index (χ0n) is 13.8. The van der Waals surface area contributed by atoms with Crippen molar-refractivity contribution in [3.63, 3.8) is 0 Å². The molecule has 0 aliphatic heterocycles. The molecule has 3 nitrogen and oxygen atoms in total. The summed E-state index contributed by atoms with van der Waals surface area (Å²) in [6.45, 7) is 7.29. The van der Waals surface area contributed by atoms with E-state index in [1.807, 2.05) is 7.05 Å². The number of aliphatic hydroxyl groups is 1. The van der Waals surface area contributed by atoms with Gasteiger partial charge in [-0.15, -0.1) is 0 Å². The number of rotatable bonds is 6. The van der Waals surface area contributed by atoms with E-state index in [0.717, 1.165) is 25.2 Å². The fourth-order valence-corrected chi connectivity index (χ4v) is 3.63. The van der Waals surface area contributed by atoms with Gasteiger partial charge in [0.25, 0.3) is 0 Å². The lowest BCUT2D eigenvalue weighted by molar-refractivity contribution is 0.117. The molecular weight excluding hydrogens is 262 g/mol. The molecule has 0 radical (unpaired) electrons. The summed E-state index contributed by atoms with van der Waals surface area (Å²) in [4.78, 5) is 0. The highest BCUT2D eigenvalue weighted by Crippen LogP contribution is 2.37. The van der Waals surface area contributed by atoms with Crippen molar-refractivity contribution < 1.29 is 9.84 Å². The van der Waals surface area contributed by atoms with Crippen LogP contribution in [0.3, 0.4) is 0 Å². The molecule has 0 saturated heterocycles. The minimum atomic E-state index is -0.0972. The van der Waals surface area contributed by atoms with Crippen molar-refractivity contribution >= 4 is 0 Å². The Balaban J connectivity index is 1.97. The minimum Gasteiger partial charge on any atom is -0.493 e. The summed E-state index contributed by atoms with van der Waals surface area (Å²) in [6.07, 6.45) is 4.42. The second-order valence-corrected chi connectivity index (χ2v) is 6.44. The van der Waals surface area contributed by atoms with Gasteiger partial charge in [-0.1, -0.05) is 18.6 Å². The smallest absolute Gasteiger partial charge is 0.125 e. The summed E-state index contributed by atoms with van der Waals surface area (Å²) < 4.78 is 6.08. The molecule has 1 fully saturated rings. The number of ether oxygens (including phenoxy) is 1. The highest BCUT2D eigenvalue weighted by atomic mass is 16.5. The molecule has 0 bridgehead atoms. The van der Waals surface area contributed by atoms with Crippen LogP contribution in [0, 0.1) is 26.7 Å². The Morgan fingerprint density at radius 2 is 2.00 bits per heavy atom. The Morgan fingerprint density at radius 1 is 1.29 bits per heavy atom. The van der Waals surface area contributed by atoms with Gasteiger partial charge in [0.05, 0.1) is 13.2 Å². The van der Waals surface area contributed by atoms with Crippen LogP contribution in [0.1, 0.15) is 42.4 Å². The van der Waals surface area contributed by atoms with Crippen LogP contribution in [0.2, 0.25) is 0 Å². The zero-order chi connectivity index (χ0) is 15.5. The molecule has 1 aromatic carbocycles. The molecule has 2 unspecified atom stereocenters. The van der Waals surface area contributed by atoms with Crippen LogP contribution >= 0.6 is 0 Å². The van der Waals surface area contributed by atoms with Crippen molar-refractivity contribution in [2.45, 2.75) is 52.0 Å². The monoisotopic (exact) mass is 291 g/mol. The Morgan fingerprint density at radius 3 is 2.67 bits per heavy atom. The quantitative estimate of drug-likeness (QED) is 0.846. The molecule has 1 aliphatic carbocycles. The van der Waals surface area contributed by atoms with E-state index < -0.39 is 0 Å². The summed E-state index contributed by atoms with van der Waals surface area (Å²) in [5, 5.41) is 13.1. The molecule has 0 spiro atoms. The number of aryl methyl sites for hydroxylation is 2. The first-order valence-corrected chi connectivity index (χ1v) is 8.03. The molecule has 1 saturated carbocycles. The topological polar surface area (TPSA) is 41.5 Å². The molecule has 1 aromatic rings. The van der Waals surface area contributed by atoms with Gasteiger partial charge in [-0.05, 0) is 69.7 Å². The predicted molar refractivity (Wildman–Crippen MR) is 87.0 cm³/mol. The Kier molecular flexibility index (Phi) is 5.28. The highest BCUT2D eigenvalue weighted by Gasteiger charge is 2.40. The maximum absolute atomic E-state index is 9.72.